The van der Waals surface area contributed by atoms with Crippen molar-refractivity contribution in [3.63, 3.8) is 0 Å². The summed E-state index contributed by atoms with van der Waals surface area (Å²) in [4.78, 5) is 21.8. The Labute approximate surface area is 105 Å². The lowest BCUT2D eigenvalue weighted by molar-refractivity contribution is -0.384. The van der Waals surface area contributed by atoms with E-state index in [1.165, 1.54) is 12.1 Å². The summed E-state index contributed by atoms with van der Waals surface area (Å²) in [7, 11) is 0. The third-order valence-electron chi connectivity index (χ3n) is 3.02. The Hall–Kier alpha value is -1.75. The predicted octanol–water partition coefficient (Wildman–Crippen LogP) is 2.79. The van der Waals surface area contributed by atoms with Crippen LogP contribution in [-0.2, 0) is 9.53 Å². The molecule has 0 aromatic heterocycles. The van der Waals surface area contributed by atoms with E-state index < -0.39 is 4.92 Å². The smallest absolute Gasteiger partial charge is 0.269 e. The zero-order valence-corrected chi connectivity index (χ0v) is 10.2. The number of rotatable bonds is 6. The van der Waals surface area contributed by atoms with Crippen LogP contribution in [-0.4, -0.2) is 16.8 Å². The van der Waals surface area contributed by atoms with Gasteiger partial charge in [-0.05, 0) is 24.1 Å². The van der Waals surface area contributed by atoms with Crippen LogP contribution in [0.2, 0.25) is 0 Å². The van der Waals surface area contributed by atoms with Crippen LogP contribution in [0.1, 0.15) is 37.9 Å². The van der Waals surface area contributed by atoms with E-state index >= 15 is 0 Å². The number of unbranched alkanes of at least 4 members (excludes halogenated alkanes) is 1. The number of non-ortho nitro benzene ring substituents is 1. The van der Waals surface area contributed by atoms with Crippen LogP contribution in [0.4, 0.5) is 5.69 Å². The minimum Gasteiger partial charge on any atom is -0.356 e. The maximum Gasteiger partial charge on any atom is 0.269 e. The Morgan fingerprint density at radius 1 is 1.39 bits per heavy atom. The maximum atomic E-state index is 11.7. The molecule has 18 heavy (non-hydrogen) atoms. The van der Waals surface area contributed by atoms with Gasteiger partial charge in [-0.3, -0.25) is 14.9 Å². The van der Waals surface area contributed by atoms with Crippen molar-refractivity contribution in [2.45, 2.75) is 38.4 Å². The van der Waals surface area contributed by atoms with Gasteiger partial charge in [0, 0.05) is 18.6 Å². The molecule has 1 aromatic rings. The molecule has 1 aromatic carbocycles. The van der Waals surface area contributed by atoms with E-state index in [4.69, 9.17) is 4.74 Å². The van der Waals surface area contributed by atoms with Crippen LogP contribution in [0.25, 0.3) is 0 Å². The van der Waals surface area contributed by atoms with Gasteiger partial charge in [-0.2, -0.15) is 0 Å². The zero-order valence-electron chi connectivity index (χ0n) is 10.2. The molecular formula is C13H15NO4. The average Bonchev–Trinajstić information content (AvgIpc) is 3.16. The first-order chi connectivity index (χ1) is 8.63. The Balaban J connectivity index is 1.95. The molecule has 2 rings (SSSR count). The van der Waals surface area contributed by atoms with Gasteiger partial charge in [0.05, 0.1) is 4.92 Å². The molecule has 1 fully saturated rings. The van der Waals surface area contributed by atoms with Crippen molar-refractivity contribution in [1.29, 1.82) is 0 Å². The number of nitro groups is 1. The van der Waals surface area contributed by atoms with Crippen molar-refractivity contribution < 1.29 is 14.5 Å². The molecule has 0 spiro atoms. The molecule has 0 radical (unpaired) electrons. The second-order valence-corrected chi connectivity index (χ2v) is 4.40. The van der Waals surface area contributed by atoms with Crippen molar-refractivity contribution >= 4 is 11.5 Å². The van der Waals surface area contributed by atoms with E-state index in [2.05, 4.69) is 0 Å². The Kier molecular flexibility index (Phi) is 3.72. The molecule has 0 amide bonds. The highest BCUT2D eigenvalue weighted by Crippen LogP contribution is 2.40. The highest BCUT2D eigenvalue weighted by molar-refractivity contribution is 5.86. The third kappa shape index (κ3) is 2.73. The average molecular weight is 249 g/mol. The number of nitrogens with zero attached hydrogens (tertiary/aromatic N) is 1. The van der Waals surface area contributed by atoms with Crippen molar-refractivity contribution in [2.24, 2.45) is 0 Å². The number of benzene rings is 1. The Morgan fingerprint density at radius 3 is 2.61 bits per heavy atom. The van der Waals surface area contributed by atoms with Gasteiger partial charge in [-0.1, -0.05) is 13.3 Å². The molecule has 0 unspecified atom stereocenters. The molecule has 0 bridgehead atoms. The first kappa shape index (κ1) is 12.7. The van der Waals surface area contributed by atoms with Crippen molar-refractivity contribution in [1.82, 2.24) is 0 Å². The predicted molar refractivity (Wildman–Crippen MR) is 65.2 cm³/mol. The van der Waals surface area contributed by atoms with Gasteiger partial charge in [0.15, 0.2) is 5.78 Å². The summed E-state index contributed by atoms with van der Waals surface area (Å²) in [6.45, 7) is 2.04. The summed E-state index contributed by atoms with van der Waals surface area (Å²) < 4.78 is 5.34. The highest BCUT2D eigenvalue weighted by Gasteiger charge is 2.45. The third-order valence-corrected chi connectivity index (χ3v) is 3.02. The Morgan fingerprint density at radius 2 is 2.06 bits per heavy atom. The van der Waals surface area contributed by atoms with Crippen LogP contribution in [0.15, 0.2) is 24.3 Å². The first-order valence-corrected chi connectivity index (χ1v) is 6.06. The number of ketones is 1. The topological polar surface area (TPSA) is 72.7 Å². The first-order valence-electron chi connectivity index (χ1n) is 6.06. The second-order valence-electron chi connectivity index (χ2n) is 4.40. The molecule has 1 aliphatic rings. The quantitative estimate of drug-likeness (QED) is 0.441. The molecular weight excluding hydrogens is 234 g/mol. The van der Waals surface area contributed by atoms with Crippen molar-refractivity contribution in [3.05, 3.63) is 39.9 Å². The normalized spacial score (nSPS) is 21.6. The fourth-order valence-electron chi connectivity index (χ4n) is 1.89. The van der Waals surface area contributed by atoms with E-state index in [1.54, 1.807) is 12.1 Å². The van der Waals surface area contributed by atoms with Gasteiger partial charge in [0.2, 0.25) is 0 Å². The zero-order chi connectivity index (χ0) is 13.1. The van der Waals surface area contributed by atoms with Gasteiger partial charge >= 0.3 is 0 Å². The van der Waals surface area contributed by atoms with Crippen LogP contribution in [0, 0.1) is 10.1 Å². The van der Waals surface area contributed by atoms with E-state index in [9.17, 15) is 14.9 Å². The highest BCUT2D eigenvalue weighted by atomic mass is 16.6. The lowest BCUT2D eigenvalue weighted by Crippen LogP contribution is -2.07. The molecule has 1 heterocycles. The molecule has 1 saturated heterocycles. The summed E-state index contributed by atoms with van der Waals surface area (Å²) in [5.41, 5.74) is 0.878. The van der Waals surface area contributed by atoms with E-state index in [1.807, 2.05) is 6.92 Å². The maximum absolute atomic E-state index is 11.7. The number of hydrogen-bond acceptors (Lipinski definition) is 4. The second kappa shape index (κ2) is 5.27. The molecule has 5 nitrogen and oxygen atoms in total. The minimum absolute atomic E-state index is 0.0493. The lowest BCUT2D eigenvalue weighted by atomic mass is 10.0. The molecule has 0 saturated carbocycles. The van der Waals surface area contributed by atoms with Crippen LogP contribution in [0.5, 0.6) is 0 Å². The summed E-state index contributed by atoms with van der Waals surface area (Å²) in [6.07, 6.45) is 1.85. The largest absolute Gasteiger partial charge is 0.356 e. The summed E-state index contributed by atoms with van der Waals surface area (Å²) >= 11 is 0. The van der Waals surface area contributed by atoms with Crippen LogP contribution < -0.4 is 0 Å². The van der Waals surface area contributed by atoms with E-state index in [0.717, 1.165) is 18.4 Å². The molecule has 2 atom stereocenters. The Bertz CT molecular complexity index is 455. The number of hydrogen-bond donors (Lipinski definition) is 0. The summed E-state index contributed by atoms with van der Waals surface area (Å²) in [5.74, 6) is 0.125. The molecule has 96 valence electrons. The van der Waals surface area contributed by atoms with Crippen molar-refractivity contribution in [3.8, 4) is 0 Å². The van der Waals surface area contributed by atoms with Crippen molar-refractivity contribution in [2.75, 3.05) is 0 Å². The molecule has 1 aliphatic heterocycles. The number of carbonyl (C=O) groups excluding carboxylic acids is 1. The molecule has 0 aliphatic carbocycles. The number of ether oxygens (including phenoxy) is 1. The van der Waals surface area contributed by atoms with E-state index in [-0.39, 0.29) is 23.7 Å². The lowest BCUT2D eigenvalue weighted by Gasteiger charge is -1.96. The van der Waals surface area contributed by atoms with Gasteiger partial charge in [-0.15, -0.1) is 0 Å². The monoisotopic (exact) mass is 249 g/mol. The van der Waals surface area contributed by atoms with Gasteiger partial charge in [0.25, 0.3) is 5.69 Å². The number of carbonyl (C=O) groups is 1. The summed E-state index contributed by atoms with van der Waals surface area (Å²) in [6, 6.07) is 6.17. The summed E-state index contributed by atoms with van der Waals surface area (Å²) in [5, 5.41) is 10.5. The number of nitro benzene ring substituents is 1. The molecule has 5 heteroatoms. The standard InChI is InChI=1S/C13H15NO4/c1-2-3-4-11(15)13-12(18-13)9-5-7-10(8-6-9)14(16)17/h5-8,12-13H,2-4H2,1H3/t12-,13-/m0/s1. The fraction of sp³-hybridized carbons (Fsp3) is 0.462. The van der Waals surface area contributed by atoms with Crippen LogP contribution in [0.3, 0.4) is 0 Å². The van der Waals surface area contributed by atoms with E-state index in [0.29, 0.717) is 6.42 Å². The van der Waals surface area contributed by atoms with Crippen LogP contribution >= 0.6 is 0 Å². The number of epoxide rings is 1. The van der Waals surface area contributed by atoms with Gasteiger partial charge < -0.3 is 4.74 Å². The van der Waals surface area contributed by atoms with Gasteiger partial charge in [0.1, 0.15) is 12.2 Å². The fourth-order valence-corrected chi connectivity index (χ4v) is 1.89. The molecule has 0 N–H and O–H groups in total. The number of Topliss-reactive ketones (excluding diaryl/α,β-unsaturated/α-hetero) is 1. The van der Waals surface area contributed by atoms with Gasteiger partial charge in [-0.25, -0.2) is 0 Å². The SMILES string of the molecule is CCCCC(=O)[C@@H]1O[C@H]1c1ccc([N+](=O)[O-])cc1. The minimum atomic E-state index is -0.443.